The number of aromatic nitrogens is 2. The molecule has 23 heavy (non-hydrogen) atoms. The van der Waals surface area contributed by atoms with Crippen LogP contribution >= 0.6 is 11.6 Å². The number of hydrogen-bond acceptors (Lipinski definition) is 2. The maximum Gasteiger partial charge on any atom is 0.416 e. The molecule has 3 nitrogen and oxygen atoms in total. The molecule has 0 N–H and O–H groups in total. The smallest absolute Gasteiger partial charge is 0.318 e. The number of fused-ring (bicyclic) bond motifs is 1. The molecule has 0 saturated heterocycles. The Bertz CT molecular complexity index is 946. The predicted octanol–water partition coefficient (Wildman–Crippen LogP) is 4.27. The fourth-order valence-electron chi connectivity index (χ4n) is 2.39. The van der Waals surface area contributed by atoms with Gasteiger partial charge in [0.25, 0.3) is 5.56 Å². The zero-order valence-corrected chi connectivity index (χ0v) is 12.6. The third-order valence-electron chi connectivity index (χ3n) is 3.59. The summed E-state index contributed by atoms with van der Waals surface area (Å²) in [6.07, 6.45) is -1.46. The molecular weight excluding hydrogens is 329 g/mol. The van der Waals surface area contributed by atoms with E-state index in [-0.39, 0.29) is 10.7 Å². The molecule has 0 amide bonds. The van der Waals surface area contributed by atoms with Crippen LogP contribution in [0.3, 0.4) is 0 Å². The van der Waals surface area contributed by atoms with Crippen molar-refractivity contribution in [1.82, 2.24) is 9.55 Å². The quantitative estimate of drug-likeness (QED) is 0.621. The standard InChI is InChI=1S/C16H10ClF3N2O/c1-22-7-6-11-12(15(22)23)8-21-14(17)13(11)9-2-4-10(5-3-9)16(18,19)20/h2-8H,1H3. The molecule has 0 radical (unpaired) electrons. The van der Waals surface area contributed by atoms with E-state index in [1.807, 2.05) is 0 Å². The van der Waals surface area contributed by atoms with E-state index < -0.39 is 11.7 Å². The van der Waals surface area contributed by atoms with E-state index in [0.717, 1.165) is 12.1 Å². The van der Waals surface area contributed by atoms with Crippen molar-refractivity contribution in [3.05, 3.63) is 63.8 Å². The molecule has 0 spiro atoms. The second kappa shape index (κ2) is 5.38. The number of nitrogens with zero attached hydrogens (tertiary/aromatic N) is 2. The van der Waals surface area contributed by atoms with Crippen LogP contribution in [0.2, 0.25) is 5.15 Å². The monoisotopic (exact) mass is 338 g/mol. The molecule has 2 heterocycles. The number of halogens is 4. The number of hydrogen-bond donors (Lipinski definition) is 0. The molecule has 3 aromatic rings. The van der Waals surface area contributed by atoms with Gasteiger partial charge in [0.1, 0.15) is 5.15 Å². The van der Waals surface area contributed by atoms with Crippen LogP contribution in [0, 0.1) is 0 Å². The van der Waals surface area contributed by atoms with Gasteiger partial charge in [0.2, 0.25) is 0 Å². The first-order valence-corrected chi connectivity index (χ1v) is 6.98. The minimum absolute atomic E-state index is 0.130. The molecule has 0 aliphatic heterocycles. The molecule has 0 bridgehead atoms. The zero-order valence-electron chi connectivity index (χ0n) is 11.9. The highest BCUT2D eigenvalue weighted by Crippen LogP contribution is 2.35. The largest absolute Gasteiger partial charge is 0.416 e. The van der Waals surface area contributed by atoms with Gasteiger partial charge in [-0.25, -0.2) is 4.98 Å². The molecular formula is C16H10ClF3N2O. The van der Waals surface area contributed by atoms with E-state index in [4.69, 9.17) is 11.6 Å². The Balaban J connectivity index is 2.26. The Morgan fingerprint density at radius 2 is 1.74 bits per heavy atom. The molecule has 0 fully saturated rings. The highest BCUT2D eigenvalue weighted by Gasteiger charge is 2.30. The molecule has 7 heteroatoms. The average molecular weight is 339 g/mol. The number of benzene rings is 1. The van der Waals surface area contributed by atoms with E-state index in [1.54, 1.807) is 19.3 Å². The fraction of sp³-hybridized carbons (Fsp3) is 0.125. The number of rotatable bonds is 1. The van der Waals surface area contributed by atoms with Crippen molar-refractivity contribution in [1.29, 1.82) is 0 Å². The van der Waals surface area contributed by atoms with Crippen LogP contribution in [-0.4, -0.2) is 9.55 Å². The number of alkyl halides is 3. The summed E-state index contributed by atoms with van der Waals surface area (Å²) in [7, 11) is 1.61. The molecule has 0 aliphatic carbocycles. The van der Waals surface area contributed by atoms with Crippen molar-refractivity contribution < 1.29 is 13.2 Å². The molecule has 0 saturated carbocycles. The van der Waals surface area contributed by atoms with Gasteiger partial charge in [-0.3, -0.25) is 4.79 Å². The number of pyridine rings is 2. The van der Waals surface area contributed by atoms with Gasteiger partial charge in [0.15, 0.2) is 0 Å². The lowest BCUT2D eigenvalue weighted by atomic mass is 10.0. The second-order valence-electron chi connectivity index (χ2n) is 5.06. The summed E-state index contributed by atoms with van der Waals surface area (Å²) in [6.45, 7) is 0. The van der Waals surface area contributed by atoms with E-state index in [2.05, 4.69) is 4.98 Å². The minimum atomic E-state index is -4.41. The molecule has 2 aromatic heterocycles. The first-order chi connectivity index (χ1) is 10.8. The van der Waals surface area contributed by atoms with E-state index in [9.17, 15) is 18.0 Å². The Hall–Kier alpha value is -2.34. The average Bonchev–Trinajstić information content (AvgIpc) is 2.50. The zero-order chi connectivity index (χ0) is 16.8. The van der Waals surface area contributed by atoms with Crippen molar-refractivity contribution in [3.8, 4) is 11.1 Å². The second-order valence-corrected chi connectivity index (χ2v) is 5.42. The Morgan fingerprint density at radius 3 is 2.35 bits per heavy atom. The Labute approximate surface area is 134 Å². The topological polar surface area (TPSA) is 34.9 Å². The van der Waals surface area contributed by atoms with Crippen LogP contribution in [0.5, 0.6) is 0 Å². The van der Waals surface area contributed by atoms with Gasteiger partial charge in [-0.05, 0) is 23.8 Å². The summed E-state index contributed by atoms with van der Waals surface area (Å²) >= 11 is 6.12. The van der Waals surface area contributed by atoms with Gasteiger partial charge < -0.3 is 4.57 Å². The highest BCUT2D eigenvalue weighted by atomic mass is 35.5. The van der Waals surface area contributed by atoms with Crippen LogP contribution in [-0.2, 0) is 13.2 Å². The van der Waals surface area contributed by atoms with Crippen molar-refractivity contribution in [2.75, 3.05) is 0 Å². The maximum atomic E-state index is 12.7. The molecule has 0 unspecified atom stereocenters. The van der Waals surface area contributed by atoms with Gasteiger partial charge >= 0.3 is 6.18 Å². The molecule has 118 valence electrons. The van der Waals surface area contributed by atoms with Crippen molar-refractivity contribution in [2.24, 2.45) is 7.05 Å². The van der Waals surface area contributed by atoms with Crippen LogP contribution in [0.15, 0.2) is 47.5 Å². The third kappa shape index (κ3) is 2.70. The Morgan fingerprint density at radius 1 is 1.09 bits per heavy atom. The summed E-state index contributed by atoms with van der Waals surface area (Å²) in [5.41, 5.74) is -0.0914. The van der Waals surface area contributed by atoms with E-state index >= 15 is 0 Å². The summed E-state index contributed by atoms with van der Waals surface area (Å²) < 4.78 is 39.4. The summed E-state index contributed by atoms with van der Waals surface area (Å²) in [6, 6.07) is 6.29. The van der Waals surface area contributed by atoms with Crippen LogP contribution in [0.1, 0.15) is 5.56 Å². The van der Waals surface area contributed by atoms with Gasteiger partial charge in [-0.15, -0.1) is 0 Å². The first kappa shape index (κ1) is 15.6. The van der Waals surface area contributed by atoms with Crippen LogP contribution in [0.4, 0.5) is 13.2 Å². The highest BCUT2D eigenvalue weighted by molar-refractivity contribution is 6.33. The van der Waals surface area contributed by atoms with Crippen LogP contribution in [0.25, 0.3) is 21.9 Å². The normalized spacial score (nSPS) is 11.9. The van der Waals surface area contributed by atoms with Gasteiger partial charge in [-0.1, -0.05) is 23.7 Å². The Kier molecular flexibility index (Phi) is 3.64. The first-order valence-electron chi connectivity index (χ1n) is 6.60. The molecule has 0 aliphatic rings. The summed E-state index contributed by atoms with van der Waals surface area (Å²) in [5, 5.41) is 1.03. The molecule has 1 aromatic carbocycles. The van der Waals surface area contributed by atoms with Crippen molar-refractivity contribution in [3.63, 3.8) is 0 Å². The fourth-order valence-corrected chi connectivity index (χ4v) is 2.65. The van der Waals surface area contributed by atoms with Crippen LogP contribution < -0.4 is 5.56 Å². The lowest BCUT2D eigenvalue weighted by molar-refractivity contribution is -0.137. The lowest BCUT2D eigenvalue weighted by Gasteiger charge is -2.11. The van der Waals surface area contributed by atoms with Gasteiger partial charge in [0.05, 0.1) is 10.9 Å². The van der Waals surface area contributed by atoms with Gasteiger partial charge in [0, 0.05) is 30.4 Å². The van der Waals surface area contributed by atoms with Gasteiger partial charge in [-0.2, -0.15) is 13.2 Å². The minimum Gasteiger partial charge on any atom is -0.318 e. The SMILES string of the molecule is Cn1ccc2c(-c3ccc(C(F)(F)F)cc3)c(Cl)ncc2c1=O. The molecule has 0 atom stereocenters. The summed E-state index contributed by atoms with van der Waals surface area (Å²) in [4.78, 5) is 16.1. The van der Waals surface area contributed by atoms with Crippen molar-refractivity contribution >= 4 is 22.4 Å². The maximum absolute atomic E-state index is 12.7. The van der Waals surface area contributed by atoms with Crippen molar-refractivity contribution in [2.45, 2.75) is 6.18 Å². The third-order valence-corrected chi connectivity index (χ3v) is 3.88. The van der Waals surface area contributed by atoms with E-state index in [0.29, 0.717) is 21.9 Å². The summed E-state index contributed by atoms with van der Waals surface area (Å²) in [5.74, 6) is 0. The predicted molar refractivity (Wildman–Crippen MR) is 82.4 cm³/mol. The number of aryl methyl sites for hydroxylation is 1. The van der Waals surface area contributed by atoms with E-state index in [1.165, 1.54) is 22.9 Å². The lowest BCUT2D eigenvalue weighted by Crippen LogP contribution is -2.16. The molecule has 3 rings (SSSR count).